The van der Waals surface area contributed by atoms with E-state index in [9.17, 15) is 9.59 Å². The quantitative estimate of drug-likeness (QED) is 0.621. The van der Waals surface area contributed by atoms with Crippen molar-refractivity contribution < 1.29 is 14.3 Å². The summed E-state index contributed by atoms with van der Waals surface area (Å²) in [7, 11) is 1.31. The number of methoxy groups -OCH3 is 1. The van der Waals surface area contributed by atoms with E-state index in [2.05, 4.69) is 26.9 Å². The first-order valence-corrected chi connectivity index (χ1v) is 7.43. The lowest BCUT2D eigenvalue weighted by Gasteiger charge is -2.10. The van der Waals surface area contributed by atoms with Crippen LogP contribution in [0.1, 0.15) is 20.7 Å². The van der Waals surface area contributed by atoms with Crippen LogP contribution in [0.5, 0.6) is 0 Å². The standard InChI is InChI=1S/C17H16ClN3O3/c1-3-8-19-16(22)12-5-7-15(20-10-12)21-14-9-11(17(23)24-2)4-6-13(14)18/h3-7,9-10H,1,8H2,2H3,(H,19,22)(H,20,21). The molecule has 0 spiro atoms. The van der Waals surface area contributed by atoms with Crippen molar-refractivity contribution in [2.75, 3.05) is 19.0 Å². The molecule has 1 aromatic carbocycles. The molecule has 0 saturated carbocycles. The van der Waals surface area contributed by atoms with Crippen LogP contribution < -0.4 is 10.6 Å². The van der Waals surface area contributed by atoms with Crippen LogP contribution >= 0.6 is 11.6 Å². The Morgan fingerprint density at radius 2 is 2.04 bits per heavy atom. The molecule has 0 aliphatic carbocycles. The normalized spacial score (nSPS) is 9.92. The number of nitrogens with zero attached hydrogens (tertiary/aromatic N) is 1. The minimum Gasteiger partial charge on any atom is -0.465 e. The summed E-state index contributed by atoms with van der Waals surface area (Å²) in [4.78, 5) is 27.5. The molecule has 2 rings (SSSR count). The highest BCUT2D eigenvalue weighted by Crippen LogP contribution is 2.26. The van der Waals surface area contributed by atoms with E-state index in [0.29, 0.717) is 34.2 Å². The number of aromatic nitrogens is 1. The Labute approximate surface area is 144 Å². The van der Waals surface area contributed by atoms with E-state index >= 15 is 0 Å². The summed E-state index contributed by atoms with van der Waals surface area (Å²) in [6, 6.07) is 8.00. The monoisotopic (exact) mass is 345 g/mol. The van der Waals surface area contributed by atoms with E-state index in [1.807, 2.05) is 0 Å². The van der Waals surface area contributed by atoms with E-state index < -0.39 is 5.97 Å². The van der Waals surface area contributed by atoms with Crippen LogP contribution in [0.15, 0.2) is 49.2 Å². The van der Waals surface area contributed by atoms with Crippen LogP contribution in [-0.2, 0) is 4.74 Å². The zero-order chi connectivity index (χ0) is 17.5. The first-order chi connectivity index (χ1) is 11.5. The number of hydrogen-bond acceptors (Lipinski definition) is 5. The summed E-state index contributed by atoms with van der Waals surface area (Å²) in [6.45, 7) is 3.92. The van der Waals surface area contributed by atoms with Gasteiger partial charge in [0, 0.05) is 12.7 Å². The van der Waals surface area contributed by atoms with Gasteiger partial charge in [-0.25, -0.2) is 9.78 Å². The molecule has 24 heavy (non-hydrogen) atoms. The highest BCUT2D eigenvalue weighted by atomic mass is 35.5. The Morgan fingerprint density at radius 3 is 2.67 bits per heavy atom. The van der Waals surface area contributed by atoms with Gasteiger partial charge in [0.25, 0.3) is 5.91 Å². The molecule has 2 aromatic rings. The summed E-state index contributed by atoms with van der Waals surface area (Å²) in [5.41, 5.74) is 1.30. The Hall–Kier alpha value is -2.86. The van der Waals surface area contributed by atoms with Gasteiger partial charge in [-0.1, -0.05) is 17.7 Å². The van der Waals surface area contributed by atoms with Gasteiger partial charge in [0.05, 0.1) is 28.9 Å². The first-order valence-electron chi connectivity index (χ1n) is 7.05. The summed E-state index contributed by atoms with van der Waals surface area (Å²) < 4.78 is 4.68. The lowest BCUT2D eigenvalue weighted by Crippen LogP contribution is -2.23. The molecule has 0 saturated heterocycles. The van der Waals surface area contributed by atoms with Gasteiger partial charge in [0.15, 0.2) is 0 Å². The van der Waals surface area contributed by atoms with Crippen molar-refractivity contribution in [2.24, 2.45) is 0 Å². The van der Waals surface area contributed by atoms with Crippen molar-refractivity contribution in [3.63, 3.8) is 0 Å². The molecular weight excluding hydrogens is 330 g/mol. The van der Waals surface area contributed by atoms with Crippen LogP contribution in [0.3, 0.4) is 0 Å². The van der Waals surface area contributed by atoms with Gasteiger partial charge in [-0.2, -0.15) is 0 Å². The smallest absolute Gasteiger partial charge is 0.337 e. The van der Waals surface area contributed by atoms with E-state index in [4.69, 9.17) is 11.6 Å². The van der Waals surface area contributed by atoms with Crippen molar-refractivity contribution in [2.45, 2.75) is 0 Å². The molecule has 1 amide bonds. The molecule has 0 unspecified atom stereocenters. The number of rotatable bonds is 6. The number of hydrogen-bond donors (Lipinski definition) is 2. The Balaban J connectivity index is 2.15. The predicted octanol–water partition coefficient (Wildman–Crippen LogP) is 3.18. The highest BCUT2D eigenvalue weighted by molar-refractivity contribution is 6.33. The second-order valence-electron chi connectivity index (χ2n) is 4.74. The Bertz CT molecular complexity index is 760. The van der Waals surface area contributed by atoms with Gasteiger partial charge >= 0.3 is 5.97 Å². The van der Waals surface area contributed by atoms with E-state index in [0.717, 1.165) is 0 Å². The second kappa shape index (κ2) is 8.12. The number of esters is 1. The molecule has 2 N–H and O–H groups in total. The van der Waals surface area contributed by atoms with Crippen molar-refractivity contribution in [3.8, 4) is 0 Å². The predicted molar refractivity (Wildman–Crippen MR) is 92.8 cm³/mol. The van der Waals surface area contributed by atoms with E-state index in [-0.39, 0.29) is 5.91 Å². The number of anilines is 2. The number of carbonyl (C=O) groups is 2. The molecule has 0 atom stereocenters. The molecule has 0 bridgehead atoms. The number of pyridine rings is 1. The molecule has 0 radical (unpaired) electrons. The van der Waals surface area contributed by atoms with Crippen LogP contribution in [0.4, 0.5) is 11.5 Å². The third kappa shape index (κ3) is 4.33. The average Bonchev–Trinajstić information content (AvgIpc) is 2.61. The van der Waals surface area contributed by atoms with Gasteiger partial charge in [0.2, 0.25) is 0 Å². The average molecular weight is 346 g/mol. The number of benzene rings is 1. The zero-order valence-electron chi connectivity index (χ0n) is 13.0. The maximum Gasteiger partial charge on any atom is 0.337 e. The highest BCUT2D eigenvalue weighted by Gasteiger charge is 2.10. The van der Waals surface area contributed by atoms with E-state index in [1.165, 1.54) is 13.3 Å². The number of amides is 1. The lowest BCUT2D eigenvalue weighted by molar-refractivity contribution is 0.0600. The fraction of sp³-hybridized carbons (Fsp3) is 0.118. The number of halogens is 1. The maximum atomic E-state index is 11.8. The van der Waals surface area contributed by atoms with Gasteiger partial charge < -0.3 is 15.4 Å². The van der Waals surface area contributed by atoms with Gasteiger partial charge in [0.1, 0.15) is 5.82 Å². The number of carbonyl (C=O) groups excluding carboxylic acids is 2. The third-order valence-corrected chi connectivity index (χ3v) is 3.41. The molecule has 1 heterocycles. The molecule has 0 aliphatic rings. The largest absolute Gasteiger partial charge is 0.465 e. The summed E-state index contributed by atoms with van der Waals surface area (Å²) in [6.07, 6.45) is 3.04. The molecule has 1 aromatic heterocycles. The van der Waals surface area contributed by atoms with Gasteiger partial charge in [-0.05, 0) is 30.3 Å². The van der Waals surface area contributed by atoms with E-state index in [1.54, 1.807) is 36.4 Å². The Morgan fingerprint density at radius 1 is 1.29 bits per heavy atom. The topological polar surface area (TPSA) is 80.3 Å². The SMILES string of the molecule is C=CCNC(=O)c1ccc(Nc2cc(C(=O)OC)ccc2Cl)nc1. The molecule has 0 aliphatic heterocycles. The van der Waals surface area contributed by atoms with Crippen molar-refractivity contribution in [1.82, 2.24) is 10.3 Å². The fourth-order valence-electron chi connectivity index (χ4n) is 1.87. The van der Waals surface area contributed by atoms with Crippen LogP contribution in [0.25, 0.3) is 0 Å². The van der Waals surface area contributed by atoms with Gasteiger partial charge in [-0.3, -0.25) is 4.79 Å². The zero-order valence-corrected chi connectivity index (χ0v) is 13.8. The summed E-state index contributed by atoms with van der Waals surface area (Å²) in [5.74, 6) is -0.212. The minimum absolute atomic E-state index is 0.236. The molecule has 0 fully saturated rings. The minimum atomic E-state index is -0.461. The van der Waals surface area contributed by atoms with Crippen molar-refractivity contribution in [1.29, 1.82) is 0 Å². The summed E-state index contributed by atoms with van der Waals surface area (Å²) in [5, 5.41) is 6.09. The maximum absolute atomic E-state index is 11.8. The molecule has 6 nitrogen and oxygen atoms in total. The number of ether oxygens (including phenoxy) is 1. The third-order valence-electron chi connectivity index (χ3n) is 3.08. The number of nitrogens with one attached hydrogen (secondary N) is 2. The fourth-order valence-corrected chi connectivity index (χ4v) is 2.04. The molecule has 124 valence electrons. The van der Waals surface area contributed by atoms with Crippen molar-refractivity contribution in [3.05, 3.63) is 65.3 Å². The lowest BCUT2D eigenvalue weighted by atomic mass is 10.2. The summed E-state index contributed by atoms with van der Waals surface area (Å²) >= 11 is 6.12. The van der Waals surface area contributed by atoms with Gasteiger partial charge in [-0.15, -0.1) is 6.58 Å². The molecular formula is C17H16ClN3O3. The van der Waals surface area contributed by atoms with Crippen LogP contribution in [-0.4, -0.2) is 30.5 Å². The van der Waals surface area contributed by atoms with Crippen molar-refractivity contribution >= 4 is 35.0 Å². The Kier molecular flexibility index (Phi) is 5.92. The van der Waals surface area contributed by atoms with Crippen LogP contribution in [0.2, 0.25) is 5.02 Å². The molecule has 7 heteroatoms. The van der Waals surface area contributed by atoms with Crippen LogP contribution in [0, 0.1) is 0 Å². The second-order valence-corrected chi connectivity index (χ2v) is 5.15. The first kappa shape index (κ1) is 17.5.